The molecular weight excluding hydrogens is 278 g/mol. The smallest absolute Gasteiger partial charge is 0.159 e. The Balaban J connectivity index is 2.11. The van der Waals surface area contributed by atoms with E-state index < -0.39 is 0 Å². The fourth-order valence-electron chi connectivity index (χ4n) is 2.14. The molecule has 0 amide bonds. The fraction of sp³-hybridized carbons (Fsp3) is 0.375. The number of methoxy groups -OCH3 is 1. The van der Waals surface area contributed by atoms with Crippen molar-refractivity contribution in [3.8, 4) is 0 Å². The number of para-hydroxylation sites is 1. The maximum absolute atomic E-state index is 6.16. The van der Waals surface area contributed by atoms with Crippen LogP contribution in [0.1, 0.15) is 18.9 Å². The molecule has 0 bridgehead atoms. The van der Waals surface area contributed by atoms with Crippen molar-refractivity contribution in [2.45, 2.75) is 19.8 Å². The lowest BCUT2D eigenvalue weighted by molar-refractivity contribution is 0.198. The molecule has 0 saturated carbocycles. The number of nitrogens with two attached hydrogens (primary N) is 1. The van der Waals surface area contributed by atoms with Gasteiger partial charge in [0.15, 0.2) is 11.6 Å². The van der Waals surface area contributed by atoms with E-state index in [2.05, 4.69) is 33.6 Å². The number of aryl methyl sites for hydroxylation is 1. The molecule has 1 aromatic carbocycles. The Labute approximate surface area is 131 Å². The SMILES string of the molecule is CCc1ccccc1Nc1ncnc(NCCCOC)c1N. The molecule has 0 aliphatic carbocycles. The van der Waals surface area contributed by atoms with E-state index in [-0.39, 0.29) is 0 Å². The van der Waals surface area contributed by atoms with E-state index in [0.717, 1.165) is 25.1 Å². The molecule has 6 heteroatoms. The highest BCUT2D eigenvalue weighted by Crippen LogP contribution is 2.27. The highest BCUT2D eigenvalue weighted by molar-refractivity contribution is 5.78. The maximum atomic E-state index is 6.16. The van der Waals surface area contributed by atoms with Crippen molar-refractivity contribution in [2.75, 3.05) is 36.6 Å². The predicted molar refractivity (Wildman–Crippen MR) is 90.5 cm³/mol. The van der Waals surface area contributed by atoms with Crippen LogP contribution in [0.25, 0.3) is 0 Å². The molecule has 22 heavy (non-hydrogen) atoms. The number of ether oxygens (including phenoxy) is 1. The summed E-state index contributed by atoms with van der Waals surface area (Å²) in [5, 5.41) is 6.50. The molecule has 0 unspecified atom stereocenters. The number of nitrogens with zero attached hydrogens (tertiary/aromatic N) is 2. The molecule has 2 aromatic rings. The van der Waals surface area contributed by atoms with Gasteiger partial charge in [0.1, 0.15) is 12.0 Å². The van der Waals surface area contributed by atoms with Crippen LogP contribution in [-0.2, 0) is 11.2 Å². The van der Waals surface area contributed by atoms with Crippen molar-refractivity contribution in [1.82, 2.24) is 9.97 Å². The van der Waals surface area contributed by atoms with E-state index in [0.29, 0.717) is 23.9 Å². The third kappa shape index (κ3) is 4.08. The first-order chi connectivity index (χ1) is 10.8. The molecule has 1 heterocycles. The van der Waals surface area contributed by atoms with Crippen LogP contribution in [0.3, 0.4) is 0 Å². The van der Waals surface area contributed by atoms with E-state index in [1.807, 2.05) is 18.2 Å². The normalized spacial score (nSPS) is 10.5. The van der Waals surface area contributed by atoms with Gasteiger partial charge in [0.05, 0.1) is 0 Å². The summed E-state index contributed by atoms with van der Waals surface area (Å²) in [5.41, 5.74) is 8.91. The molecule has 0 aliphatic rings. The monoisotopic (exact) mass is 301 g/mol. The lowest BCUT2D eigenvalue weighted by atomic mass is 10.1. The molecular formula is C16H23N5O. The van der Waals surface area contributed by atoms with Gasteiger partial charge in [-0.25, -0.2) is 9.97 Å². The fourth-order valence-corrected chi connectivity index (χ4v) is 2.14. The molecule has 4 N–H and O–H groups in total. The van der Waals surface area contributed by atoms with Crippen LogP contribution in [0.15, 0.2) is 30.6 Å². The lowest BCUT2D eigenvalue weighted by Gasteiger charge is -2.14. The number of hydrogen-bond acceptors (Lipinski definition) is 6. The van der Waals surface area contributed by atoms with E-state index >= 15 is 0 Å². The molecule has 0 fully saturated rings. The summed E-state index contributed by atoms with van der Waals surface area (Å²) in [7, 11) is 1.69. The van der Waals surface area contributed by atoms with Crippen LogP contribution < -0.4 is 16.4 Å². The topological polar surface area (TPSA) is 85.1 Å². The Bertz CT molecular complexity index is 603. The Kier molecular flexibility index (Phi) is 5.97. The second-order valence-electron chi connectivity index (χ2n) is 4.89. The number of rotatable bonds is 8. The highest BCUT2D eigenvalue weighted by atomic mass is 16.5. The number of nitrogen functional groups attached to an aromatic ring is 1. The second kappa shape index (κ2) is 8.19. The zero-order chi connectivity index (χ0) is 15.8. The maximum Gasteiger partial charge on any atom is 0.159 e. The zero-order valence-electron chi connectivity index (χ0n) is 13.1. The summed E-state index contributed by atoms with van der Waals surface area (Å²) >= 11 is 0. The minimum atomic E-state index is 0.519. The Morgan fingerprint density at radius 3 is 2.73 bits per heavy atom. The number of aromatic nitrogens is 2. The van der Waals surface area contributed by atoms with Crippen molar-refractivity contribution in [2.24, 2.45) is 0 Å². The molecule has 0 atom stereocenters. The molecule has 0 aliphatic heterocycles. The predicted octanol–water partition coefficient (Wildman–Crippen LogP) is 2.81. The van der Waals surface area contributed by atoms with Gasteiger partial charge in [-0.15, -0.1) is 0 Å². The van der Waals surface area contributed by atoms with Crippen LogP contribution in [0.5, 0.6) is 0 Å². The third-order valence-electron chi connectivity index (χ3n) is 3.35. The molecule has 0 spiro atoms. The Morgan fingerprint density at radius 2 is 1.95 bits per heavy atom. The van der Waals surface area contributed by atoms with Crippen molar-refractivity contribution >= 4 is 23.0 Å². The van der Waals surface area contributed by atoms with Gasteiger partial charge in [0.2, 0.25) is 0 Å². The minimum Gasteiger partial charge on any atom is -0.393 e. The largest absolute Gasteiger partial charge is 0.393 e. The van der Waals surface area contributed by atoms with Gasteiger partial charge in [0.25, 0.3) is 0 Å². The van der Waals surface area contributed by atoms with Crippen molar-refractivity contribution < 1.29 is 4.74 Å². The summed E-state index contributed by atoms with van der Waals surface area (Å²) in [6.45, 7) is 3.57. The first kappa shape index (κ1) is 16.0. The Hall–Kier alpha value is -2.34. The van der Waals surface area contributed by atoms with Crippen LogP contribution in [0.4, 0.5) is 23.0 Å². The number of hydrogen-bond donors (Lipinski definition) is 3. The summed E-state index contributed by atoms with van der Waals surface area (Å²) in [6, 6.07) is 8.12. The molecule has 0 radical (unpaired) electrons. The zero-order valence-corrected chi connectivity index (χ0v) is 13.1. The lowest BCUT2D eigenvalue weighted by Crippen LogP contribution is -2.10. The van der Waals surface area contributed by atoms with Crippen LogP contribution in [-0.4, -0.2) is 30.2 Å². The molecule has 1 aromatic heterocycles. The van der Waals surface area contributed by atoms with Gasteiger partial charge >= 0.3 is 0 Å². The minimum absolute atomic E-state index is 0.519. The van der Waals surface area contributed by atoms with Crippen molar-refractivity contribution in [1.29, 1.82) is 0 Å². The molecule has 0 saturated heterocycles. The van der Waals surface area contributed by atoms with Crippen molar-refractivity contribution in [3.63, 3.8) is 0 Å². The Morgan fingerprint density at radius 1 is 1.18 bits per heavy atom. The molecule has 2 rings (SSSR count). The van der Waals surface area contributed by atoms with Gasteiger partial charge in [-0.2, -0.15) is 0 Å². The van der Waals surface area contributed by atoms with Gasteiger partial charge in [-0.1, -0.05) is 25.1 Å². The van der Waals surface area contributed by atoms with E-state index in [9.17, 15) is 0 Å². The van der Waals surface area contributed by atoms with Gasteiger partial charge < -0.3 is 21.1 Å². The summed E-state index contributed by atoms with van der Waals surface area (Å²) in [5.74, 6) is 1.26. The third-order valence-corrected chi connectivity index (χ3v) is 3.35. The quantitative estimate of drug-likeness (QED) is 0.650. The standard InChI is InChI=1S/C16H23N5O/c1-3-12-7-4-5-8-13(12)21-16-14(17)15(19-11-20-16)18-9-6-10-22-2/h4-5,7-8,11H,3,6,9-10,17H2,1-2H3,(H2,18,19,20,21). The molecule has 6 nitrogen and oxygen atoms in total. The first-order valence-electron chi connectivity index (χ1n) is 7.44. The summed E-state index contributed by atoms with van der Waals surface area (Å²) in [4.78, 5) is 8.43. The van der Waals surface area contributed by atoms with Gasteiger partial charge in [-0.3, -0.25) is 0 Å². The number of anilines is 4. The van der Waals surface area contributed by atoms with Crippen molar-refractivity contribution in [3.05, 3.63) is 36.2 Å². The van der Waals surface area contributed by atoms with E-state index in [4.69, 9.17) is 10.5 Å². The first-order valence-corrected chi connectivity index (χ1v) is 7.44. The van der Waals surface area contributed by atoms with E-state index in [1.54, 1.807) is 7.11 Å². The van der Waals surface area contributed by atoms with E-state index in [1.165, 1.54) is 11.9 Å². The average Bonchev–Trinajstić information content (AvgIpc) is 2.55. The summed E-state index contributed by atoms with van der Waals surface area (Å²) < 4.78 is 5.02. The highest BCUT2D eigenvalue weighted by Gasteiger charge is 2.09. The van der Waals surface area contributed by atoms with Gasteiger partial charge in [0, 0.05) is 25.9 Å². The number of benzene rings is 1. The number of nitrogens with one attached hydrogen (secondary N) is 2. The molecule has 118 valence electrons. The van der Waals surface area contributed by atoms with Crippen LogP contribution in [0, 0.1) is 0 Å². The second-order valence-corrected chi connectivity index (χ2v) is 4.89. The average molecular weight is 301 g/mol. The van der Waals surface area contributed by atoms with Crippen LogP contribution >= 0.6 is 0 Å². The van der Waals surface area contributed by atoms with Gasteiger partial charge in [-0.05, 0) is 24.5 Å². The summed E-state index contributed by atoms with van der Waals surface area (Å²) in [6.07, 6.45) is 3.34. The van der Waals surface area contributed by atoms with Crippen LogP contribution in [0.2, 0.25) is 0 Å².